The van der Waals surface area contributed by atoms with Crippen LogP contribution in [0.5, 0.6) is 0 Å². The highest BCUT2D eigenvalue weighted by Crippen LogP contribution is 2.31. The van der Waals surface area contributed by atoms with Gasteiger partial charge < -0.3 is 10.4 Å². The van der Waals surface area contributed by atoms with Crippen molar-refractivity contribution in [1.82, 2.24) is 0 Å². The molecular formula is C15H19BrN2O. The minimum absolute atomic E-state index is 0.274. The van der Waals surface area contributed by atoms with E-state index in [1.54, 1.807) is 0 Å². The van der Waals surface area contributed by atoms with Crippen LogP contribution in [0.4, 0.5) is 5.69 Å². The summed E-state index contributed by atoms with van der Waals surface area (Å²) in [4.78, 5) is 0. The molecular weight excluding hydrogens is 304 g/mol. The highest BCUT2D eigenvalue weighted by molar-refractivity contribution is 9.10. The van der Waals surface area contributed by atoms with Crippen LogP contribution in [-0.2, 0) is 0 Å². The summed E-state index contributed by atoms with van der Waals surface area (Å²) < 4.78 is 0.822. The number of aliphatic hydroxyl groups is 1. The van der Waals surface area contributed by atoms with Gasteiger partial charge in [-0.1, -0.05) is 18.9 Å². The first-order valence-electron chi connectivity index (χ1n) is 6.79. The number of hydrogen-bond acceptors (Lipinski definition) is 3. The van der Waals surface area contributed by atoms with E-state index in [2.05, 4.69) is 27.3 Å². The number of halogens is 1. The zero-order chi connectivity index (χ0) is 13.7. The summed E-state index contributed by atoms with van der Waals surface area (Å²) in [6, 6.07) is 7.95. The largest absolute Gasteiger partial charge is 0.396 e. The summed E-state index contributed by atoms with van der Waals surface area (Å²) in [6.07, 6.45) is 4.75. The van der Waals surface area contributed by atoms with Crippen LogP contribution in [0, 0.1) is 23.2 Å². The Balaban J connectivity index is 2.02. The van der Waals surface area contributed by atoms with Crippen LogP contribution < -0.4 is 5.32 Å². The van der Waals surface area contributed by atoms with Gasteiger partial charge in [-0.05, 0) is 52.7 Å². The molecule has 2 N–H and O–H groups in total. The van der Waals surface area contributed by atoms with E-state index < -0.39 is 0 Å². The van der Waals surface area contributed by atoms with Crippen molar-refractivity contribution >= 4 is 21.6 Å². The Morgan fingerprint density at radius 3 is 2.74 bits per heavy atom. The second-order valence-electron chi connectivity index (χ2n) is 5.14. The van der Waals surface area contributed by atoms with Gasteiger partial charge in [-0.3, -0.25) is 0 Å². The van der Waals surface area contributed by atoms with Crippen molar-refractivity contribution in [1.29, 1.82) is 5.26 Å². The maximum Gasteiger partial charge on any atom is 0.103 e. The molecule has 0 radical (unpaired) electrons. The van der Waals surface area contributed by atoms with E-state index in [0.717, 1.165) is 29.5 Å². The molecule has 3 nitrogen and oxygen atoms in total. The number of nitrogens with one attached hydrogen (secondary N) is 1. The summed E-state index contributed by atoms with van der Waals surface area (Å²) in [7, 11) is 0. The maximum absolute atomic E-state index is 9.42. The minimum atomic E-state index is 0.274. The summed E-state index contributed by atoms with van der Waals surface area (Å²) in [5.41, 5.74) is 1.53. The molecule has 102 valence electrons. The Labute approximate surface area is 122 Å². The van der Waals surface area contributed by atoms with Gasteiger partial charge in [0.1, 0.15) is 6.07 Å². The lowest BCUT2D eigenvalue weighted by Crippen LogP contribution is -2.28. The first kappa shape index (κ1) is 14.4. The Morgan fingerprint density at radius 2 is 2.05 bits per heavy atom. The van der Waals surface area contributed by atoms with Crippen LogP contribution in [0.3, 0.4) is 0 Å². The van der Waals surface area contributed by atoms with Crippen molar-refractivity contribution < 1.29 is 5.11 Å². The summed E-state index contributed by atoms with van der Waals surface area (Å²) in [6.45, 7) is 1.10. The molecule has 2 atom stereocenters. The average Bonchev–Trinajstić information content (AvgIpc) is 2.45. The van der Waals surface area contributed by atoms with Crippen LogP contribution in [0.1, 0.15) is 31.2 Å². The van der Waals surface area contributed by atoms with Gasteiger partial charge in [-0.25, -0.2) is 0 Å². The summed E-state index contributed by atoms with van der Waals surface area (Å²) in [5.74, 6) is 0.906. The fourth-order valence-electron chi connectivity index (χ4n) is 2.82. The van der Waals surface area contributed by atoms with Crippen molar-refractivity contribution in [2.75, 3.05) is 18.5 Å². The zero-order valence-electron chi connectivity index (χ0n) is 10.9. The zero-order valence-corrected chi connectivity index (χ0v) is 12.5. The number of aliphatic hydroxyl groups excluding tert-OH is 1. The lowest BCUT2D eigenvalue weighted by molar-refractivity contribution is 0.141. The molecule has 19 heavy (non-hydrogen) atoms. The summed E-state index contributed by atoms with van der Waals surface area (Å²) >= 11 is 3.40. The Bertz CT molecular complexity index is 470. The monoisotopic (exact) mass is 322 g/mol. The van der Waals surface area contributed by atoms with Crippen molar-refractivity contribution in [2.45, 2.75) is 25.7 Å². The fraction of sp³-hybridized carbons (Fsp3) is 0.533. The van der Waals surface area contributed by atoms with Crippen LogP contribution >= 0.6 is 15.9 Å². The van der Waals surface area contributed by atoms with Crippen LogP contribution in [0.2, 0.25) is 0 Å². The first-order chi connectivity index (χ1) is 9.26. The molecule has 2 unspecified atom stereocenters. The van der Waals surface area contributed by atoms with E-state index >= 15 is 0 Å². The molecule has 0 aliphatic heterocycles. The number of anilines is 1. The van der Waals surface area contributed by atoms with Crippen molar-refractivity contribution in [3.8, 4) is 6.07 Å². The molecule has 2 rings (SSSR count). The molecule has 1 aliphatic rings. The number of hydrogen-bond donors (Lipinski definition) is 2. The van der Waals surface area contributed by atoms with Crippen molar-refractivity contribution in [2.24, 2.45) is 11.8 Å². The number of nitrogens with zero attached hydrogens (tertiary/aromatic N) is 1. The predicted octanol–water partition coefficient (Wildman–Crippen LogP) is 3.53. The van der Waals surface area contributed by atoms with Crippen molar-refractivity contribution in [3.05, 3.63) is 28.2 Å². The molecule has 0 spiro atoms. The molecule has 0 amide bonds. The van der Waals surface area contributed by atoms with E-state index in [4.69, 9.17) is 0 Å². The molecule has 1 aliphatic carbocycles. The Hall–Kier alpha value is -1.05. The molecule has 1 aromatic rings. The average molecular weight is 323 g/mol. The van der Waals surface area contributed by atoms with Gasteiger partial charge in [0, 0.05) is 17.6 Å². The maximum atomic E-state index is 9.42. The lowest BCUT2D eigenvalue weighted by Gasteiger charge is -2.30. The van der Waals surface area contributed by atoms with Crippen molar-refractivity contribution in [3.63, 3.8) is 0 Å². The quantitative estimate of drug-likeness (QED) is 0.891. The Kier molecular flexibility index (Phi) is 5.24. The molecule has 1 saturated carbocycles. The van der Waals surface area contributed by atoms with Gasteiger partial charge in [0.15, 0.2) is 0 Å². The van der Waals surface area contributed by atoms with Crippen LogP contribution in [0.15, 0.2) is 22.7 Å². The number of nitriles is 1. The van der Waals surface area contributed by atoms with Crippen LogP contribution in [0.25, 0.3) is 0 Å². The third-order valence-electron chi connectivity index (χ3n) is 3.98. The smallest absolute Gasteiger partial charge is 0.103 e. The molecule has 1 aromatic carbocycles. The van der Waals surface area contributed by atoms with E-state index in [0.29, 0.717) is 17.4 Å². The van der Waals surface area contributed by atoms with Gasteiger partial charge in [0.2, 0.25) is 0 Å². The minimum Gasteiger partial charge on any atom is -0.396 e. The third-order valence-corrected chi connectivity index (χ3v) is 4.64. The number of benzene rings is 1. The van der Waals surface area contributed by atoms with E-state index in [1.165, 1.54) is 12.8 Å². The van der Waals surface area contributed by atoms with Gasteiger partial charge >= 0.3 is 0 Å². The molecule has 0 bridgehead atoms. The SMILES string of the molecule is N#Cc1c(Br)cccc1NCC1CCCCC1CO. The molecule has 0 aromatic heterocycles. The van der Waals surface area contributed by atoms with E-state index in [1.807, 2.05) is 18.2 Å². The fourth-order valence-corrected chi connectivity index (χ4v) is 3.27. The van der Waals surface area contributed by atoms with Gasteiger partial charge in [-0.2, -0.15) is 5.26 Å². The predicted molar refractivity (Wildman–Crippen MR) is 79.9 cm³/mol. The van der Waals surface area contributed by atoms with Gasteiger partial charge in [0.05, 0.1) is 11.3 Å². The van der Waals surface area contributed by atoms with Gasteiger partial charge in [-0.15, -0.1) is 0 Å². The first-order valence-corrected chi connectivity index (χ1v) is 7.59. The lowest BCUT2D eigenvalue weighted by atomic mass is 9.79. The van der Waals surface area contributed by atoms with Crippen LogP contribution in [-0.4, -0.2) is 18.3 Å². The third kappa shape index (κ3) is 3.49. The normalized spacial score (nSPS) is 22.8. The molecule has 0 heterocycles. The van der Waals surface area contributed by atoms with E-state index in [-0.39, 0.29) is 6.61 Å². The standard InChI is InChI=1S/C15H19BrN2O/c16-14-6-3-7-15(13(14)8-17)18-9-11-4-1-2-5-12(11)10-19/h3,6-7,11-12,18-19H,1-2,4-5,9-10H2. The highest BCUT2D eigenvalue weighted by Gasteiger charge is 2.24. The highest BCUT2D eigenvalue weighted by atomic mass is 79.9. The second-order valence-corrected chi connectivity index (χ2v) is 6.00. The van der Waals surface area contributed by atoms with E-state index in [9.17, 15) is 10.4 Å². The Morgan fingerprint density at radius 1 is 1.32 bits per heavy atom. The second kappa shape index (κ2) is 6.93. The summed E-state index contributed by atoms with van der Waals surface area (Å²) in [5, 5.41) is 22.0. The molecule has 0 saturated heterocycles. The topological polar surface area (TPSA) is 56.0 Å². The number of rotatable bonds is 4. The molecule has 1 fully saturated rings. The van der Waals surface area contributed by atoms with Gasteiger partial charge in [0.25, 0.3) is 0 Å². The molecule has 4 heteroatoms.